The molecule has 1 fully saturated rings. The fourth-order valence-electron chi connectivity index (χ4n) is 3.79. The Labute approximate surface area is 160 Å². The van der Waals surface area contributed by atoms with E-state index < -0.39 is 0 Å². The standard InChI is InChI=1S/C20H21N5OS/c26-17-6-2-1-4-14(17)23-20-24-15-8-7-13(10-18(15)27-20)11-25-12-22-19-16(25)5-3-9-21-19/h3,5,7-10,12,14,17,26H,1-2,4,6,11H2,(H,23,24)/t14-,17-/m1/s1. The Balaban J connectivity index is 1.39. The van der Waals surface area contributed by atoms with Crippen molar-refractivity contribution in [1.29, 1.82) is 0 Å². The number of rotatable bonds is 4. The summed E-state index contributed by atoms with van der Waals surface area (Å²) in [6, 6.07) is 10.5. The van der Waals surface area contributed by atoms with Crippen LogP contribution in [-0.4, -0.2) is 36.8 Å². The largest absolute Gasteiger partial charge is 0.391 e. The van der Waals surface area contributed by atoms with Crippen molar-refractivity contribution < 1.29 is 5.11 Å². The van der Waals surface area contributed by atoms with Gasteiger partial charge in [-0.1, -0.05) is 30.2 Å². The summed E-state index contributed by atoms with van der Waals surface area (Å²) in [7, 11) is 0. The Bertz CT molecular complexity index is 1090. The van der Waals surface area contributed by atoms with E-state index in [4.69, 9.17) is 4.98 Å². The summed E-state index contributed by atoms with van der Waals surface area (Å²) in [5, 5.41) is 14.5. The third-order valence-electron chi connectivity index (χ3n) is 5.24. The van der Waals surface area contributed by atoms with E-state index in [1.807, 2.05) is 18.5 Å². The van der Waals surface area contributed by atoms with E-state index in [-0.39, 0.29) is 12.1 Å². The number of fused-ring (bicyclic) bond motifs is 2. The van der Waals surface area contributed by atoms with Crippen LogP contribution in [-0.2, 0) is 6.54 Å². The summed E-state index contributed by atoms with van der Waals surface area (Å²) >= 11 is 1.65. The average molecular weight is 379 g/mol. The van der Waals surface area contributed by atoms with E-state index in [9.17, 15) is 5.11 Å². The predicted octanol–water partition coefficient (Wildman–Crippen LogP) is 3.80. The maximum atomic E-state index is 10.2. The molecule has 0 radical (unpaired) electrons. The van der Waals surface area contributed by atoms with Crippen LogP contribution < -0.4 is 5.32 Å². The Morgan fingerprint density at radius 3 is 3.04 bits per heavy atom. The molecule has 7 heteroatoms. The minimum absolute atomic E-state index is 0.114. The number of aliphatic hydroxyl groups is 1. The van der Waals surface area contributed by atoms with Crippen molar-refractivity contribution in [2.45, 2.75) is 44.4 Å². The van der Waals surface area contributed by atoms with Crippen LogP contribution in [0.15, 0.2) is 42.9 Å². The average Bonchev–Trinajstić information content (AvgIpc) is 3.27. The highest BCUT2D eigenvalue weighted by molar-refractivity contribution is 7.22. The molecule has 0 spiro atoms. The molecule has 1 saturated carbocycles. The lowest BCUT2D eigenvalue weighted by atomic mass is 9.93. The summed E-state index contributed by atoms with van der Waals surface area (Å²) in [4.78, 5) is 13.3. The fraction of sp³-hybridized carbons (Fsp3) is 0.350. The van der Waals surface area contributed by atoms with Crippen molar-refractivity contribution >= 4 is 37.8 Å². The Hall–Kier alpha value is -2.51. The van der Waals surface area contributed by atoms with Crippen molar-refractivity contribution in [3.63, 3.8) is 0 Å². The van der Waals surface area contributed by atoms with Crippen molar-refractivity contribution in [3.05, 3.63) is 48.4 Å². The molecule has 4 aromatic rings. The molecule has 3 aromatic heterocycles. The fourth-order valence-corrected chi connectivity index (χ4v) is 4.78. The molecule has 1 aliphatic rings. The van der Waals surface area contributed by atoms with E-state index in [0.29, 0.717) is 0 Å². The van der Waals surface area contributed by atoms with Crippen LogP contribution in [0.3, 0.4) is 0 Å². The summed E-state index contributed by atoms with van der Waals surface area (Å²) in [6.07, 6.45) is 7.49. The molecule has 0 unspecified atom stereocenters. The zero-order valence-electron chi connectivity index (χ0n) is 14.9. The van der Waals surface area contributed by atoms with E-state index in [0.717, 1.165) is 58.7 Å². The minimum Gasteiger partial charge on any atom is -0.391 e. The van der Waals surface area contributed by atoms with Gasteiger partial charge in [0, 0.05) is 12.7 Å². The zero-order valence-corrected chi connectivity index (χ0v) is 15.7. The number of thiazole rings is 1. The molecule has 1 aliphatic carbocycles. The number of anilines is 1. The maximum Gasteiger partial charge on any atom is 0.184 e. The first kappa shape index (κ1) is 16.6. The second-order valence-corrected chi connectivity index (χ2v) is 8.17. The number of imidazole rings is 1. The topological polar surface area (TPSA) is 75.9 Å². The van der Waals surface area contributed by atoms with Gasteiger partial charge in [-0.3, -0.25) is 0 Å². The number of benzene rings is 1. The Morgan fingerprint density at radius 1 is 1.19 bits per heavy atom. The summed E-state index contributed by atoms with van der Waals surface area (Å²) < 4.78 is 3.27. The highest BCUT2D eigenvalue weighted by Crippen LogP contribution is 2.30. The third-order valence-corrected chi connectivity index (χ3v) is 6.19. The third kappa shape index (κ3) is 3.28. The molecule has 6 nitrogen and oxygen atoms in total. The van der Waals surface area contributed by atoms with E-state index in [1.165, 1.54) is 5.56 Å². The highest BCUT2D eigenvalue weighted by Gasteiger charge is 2.23. The van der Waals surface area contributed by atoms with Crippen molar-refractivity contribution in [2.24, 2.45) is 0 Å². The molecule has 0 saturated heterocycles. The number of hydrogen-bond acceptors (Lipinski definition) is 6. The van der Waals surface area contributed by atoms with Gasteiger partial charge in [0.1, 0.15) is 0 Å². The second-order valence-electron chi connectivity index (χ2n) is 7.14. The number of nitrogens with zero attached hydrogens (tertiary/aromatic N) is 4. The summed E-state index contributed by atoms with van der Waals surface area (Å²) in [6.45, 7) is 0.750. The van der Waals surface area contributed by atoms with Gasteiger partial charge in [-0.25, -0.2) is 15.0 Å². The number of aromatic nitrogens is 4. The smallest absolute Gasteiger partial charge is 0.184 e. The van der Waals surface area contributed by atoms with Crippen molar-refractivity contribution in [1.82, 2.24) is 19.5 Å². The van der Waals surface area contributed by atoms with Gasteiger partial charge < -0.3 is 15.0 Å². The summed E-state index contributed by atoms with van der Waals surface area (Å²) in [5.74, 6) is 0. The molecular formula is C20H21N5OS. The van der Waals surface area contributed by atoms with Gasteiger partial charge in [-0.2, -0.15) is 0 Å². The Morgan fingerprint density at radius 2 is 2.11 bits per heavy atom. The molecule has 0 aliphatic heterocycles. The van der Waals surface area contributed by atoms with Crippen LogP contribution in [0.5, 0.6) is 0 Å². The molecule has 2 atom stereocenters. The first-order valence-corrected chi connectivity index (χ1v) is 10.2. The van der Waals surface area contributed by atoms with Gasteiger partial charge in [-0.15, -0.1) is 0 Å². The number of nitrogens with one attached hydrogen (secondary N) is 1. The van der Waals surface area contributed by atoms with Gasteiger partial charge in [-0.05, 0) is 42.7 Å². The first-order valence-electron chi connectivity index (χ1n) is 9.36. The van der Waals surface area contributed by atoms with Gasteiger partial charge >= 0.3 is 0 Å². The van der Waals surface area contributed by atoms with Gasteiger partial charge in [0.2, 0.25) is 0 Å². The van der Waals surface area contributed by atoms with Crippen LogP contribution in [0.25, 0.3) is 21.4 Å². The lowest BCUT2D eigenvalue weighted by Crippen LogP contribution is -2.36. The molecular weight excluding hydrogens is 358 g/mol. The second kappa shape index (κ2) is 6.90. The van der Waals surface area contributed by atoms with Gasteiger partial charge in [0.05, 0.1) is 34.2 Å². The van der Waals surface area contributed by atoms with Crippen LogP contribution in [0, 0.1) is 0 Å². The zero-order chi connectivity index (χ0) is 18.2. The number of pyridine rings is 1. The molecule has 3 heterocycles. The molecule has 0 bridgehead atoms. The molecule has 5 rings (SSSR count). The molecule has 138 valence electrons. The van der Waals surface area contributed by atoms with Gasteiger partial charge in [0.25, 0.3) is 0 Å². The lowest BCUT2D eigenvalue weighted by Gasteiger charge is -2.27. The SMILES string of the molecule is O[C@@H]1CCCC[C@H]1Nc1nc2ccc(Cn3cnc4ncccc43)cc2s1. The molecule has 27 heavy (non-hydrogen) atoms. The van der Waals surface area contributed by atoms with Crippen LogP contribution in [0.1, 0.15) is 31.2 Å². The van der Waals surface area contributed by atoms with E-state index in [1.54, 1.807) is 17.5 Å². The normalized spacial score (nSPS) is 20.3. The summed E-state index contributed by atoms with van der Waals surface area (Å²) in [5.41, 5.74) is 4.01. The van der Waals surface area contributed by atoms with Crippen molar-refractivity contribution in [3.8, 4) is 0 Å². The maximum absolute atomic E-state index is 10.2. The van der Waals surface area contributed by atoms with E-state index >= 15 is 0 Å². The van der Waals surface area contributed by atoms with E-state index in [2.05, 4.69) is 38.1 Å². The lowest BCUT2D eigenvalue weighted by molar-refractivity contribution is 0.116. The quantitative estimate of drug-likeness (QED) is 0.564. The molecule has 2 N–H and O–H groups in total. The predicted molar refractivity (Wildman–Crippen MR) is 108 cm³/mol. The highest BCUT2D eigenvalue weighted by atomic mass is 32.1. The first-order chi connectivity index (χ1) is 13.3. The number of hydrogen-bond donors (Lipinski definition) is 2. The van der Waals surface area contributed by atoms with Gasteiger partial charge in [0.15, 0.2) is 10.8 Å². The molecule has 0 amide bonds. The minimum atomic E-state index is -0.274. The van der Waals surface area contributed by atoms with Crippen molar-refractivity contribution in [2.75, 3.05) is 5.32 Å². The number of aliphatic hydroxyl groups excluding tert-OH is 1. The van der Waals surface area contributed by atoms with Crippen LogP contribution in [0.4, 0.5) is 5.13 Å². The monoisotopic (exact) mass is 379 g/mol. The molecule has 1 aromatic carbocycles. The Kier molecular flexibility index (Phi) is 4.26. The van der Waals surface area contributed by atoms with Crippen LogP contribution in [0.2, 0.25) is 0 Å². The van der Waals surface area contributed by atoms with Crippen LogP contribution >= 0.6 is 11.3 Å².